The molecular formula is C24H28N8O2S. The molecule has 35 heavy (non-hydrogen) atoms. The number of rotatable bonds is 7. The van der Waals surface area contributed by atoms with Crippen molar-refractivity contribution in [2.24, 2.45) is 0 Å². The zero-order chi connectivity index (χ0) is 24.4. The number of nitrogens with one attached hydrogen (secondary N) is 1. The lowest BCUT2D eigenvalue weighted by Gasteiger charge is -2.33. The van der Waals surface area contributed by atoms with E-state index in [2.05, 4.69) is 38.2 Å². The predicted molar refractivity (Wildman–Crippen MR) is 138 cm³/mol. The number of hydrogen-bond donors (Lipinski definition) is 2. The maximum absolute atomic E-state index is 11.4. The van der Waals surface area contributed by atoms with Gasteiger partial charge in [-0.2, -0.15) is 4.31 Å². The fourth-order valence-corrected chi connectivity index (χ4v) is 4.44. The highest BCUT2D eigenvalue weighted by atomic mass is 32.2. The molecule has 1 aliphatic heterocycles. The van der Waals surface area contributed by atoms with E-state index in [-0.39, 0.29) is 0 Å². The number of anilines is 3. The van der Waals surface area contributed by atoms with E-state index in [1.165, 1.54) is 4.31 Å². The van der Waals surface area contributed by atoms with Crippen LogP contribution in [-0.2, 0) is 17.8 Å². The topological polar surface area (TPSA) is 102 Å². The van der Waals surface area contributed by atoms with E-state index < -0.39 is 11.3 Å². The molecule has 5 rings (SSSR count). The summed E-state index contributed by atoms with van der Waals surface area (Å²) in [6, 6.07) is 15.7. The third-order valence-corrected chi connectivity index (χ3v) is 6.87. The van der Waals surface area contributed by atoms with Gasteiger partial charge in [-0.25, -0.2) is 18.7 Å². The van der Waals surface area contributed by atoms with Gasteiger partial charge in [0.15, 0.2) is 0 Å². The van der Waals surface area contributed by atoms with Gasteiger partial charge in [0.05, 0.1) is 29.3 Å². The highest BCUT2D eigenvalue weighted by Gasteiger charge is 2.16. The first kappa shape index (κ1) is 23.4. The molecule has 0 saturated carbocycles. The minimum Gasteiger partial charge on any atom is -0.368 e. The summed E-state index contributed by atoms with van der Waals surface area (Å²) in [5.41, 5.74) is 4.68. The second-order valence-corrected chi connectivity index (χ2v) is 9.71. The van der Waals surface area contributed by atoms with E-state index in [9.17, 15) is 8.76 Å². The molecule has 0 amide bonds. The minimum absolute atomic E-state index is 0.326. The molecule has 1 aromatic carbocycles. The Balaban J connectivity index is 1.38. The molecule has 10 nitrogen and oxygen atoms in total. The number of nitrogens with zero attached hydrogens (tertiary/aromatic N) is 7. The van der Waals surface area contributed by atoms with Gasteiger partial charge in [0.25, 0.3) is 0 Å². The number of likely N-dealkylation sites (N-methyl/N-ethyl adjacent to an activating group) is 1. The third kappa shape index (κ3) is 5.17. The smallest absolute Gasteiger partial charge is 0.246 e. The van der Waals surface area contributed by atoms with Gasteiger partial charge in [-0.3, -0.25) is 4.55 Å². The first-order chi connectivity index (χ1) is 17.0. The van der Waals surface area contributed by atoms with Crippen molar-refractivity contribution in [2.45, 2.75) is 6.54 Å². The van der Waals surface area contributed by atoms with Gasteiger partial charge in [-0.1, -0.05) is 24.3 Å². The second kappa shape index (κ2) is 10.1. The largest absolute Gasteiger partial charge is 0.368 e. The molecule has 3 aromatic heterocycles. The molecule has 1 unspecified atom stereocenters. The molecule has 4 heterocycles. The van der Waals surface area contributed by atoms with Crippen LogP contribution in [0.4, 0.5) is 17.5 Å². The Labute approximate surface area is 206 Å². The quantitative estimate of drug-likeness (QED) is 0.380. The Bertz CT molecular complexity index is 1340. The first-order valence-corrected chi connectivity index (χ1v) is 12.5. The van der Waals surface area contributed by atoms with Gasteiger partial charge in [-0.15, -0.1) is 5.10 Å². The van der Waals surface area contributed by atoms with Crippen LogP contribution in [0.15, 0.2) is 60.9 Å². The van der Waals surface area contributed by atoms with Crippen molar-refractivity contribution >= 4 is 34.2 Å². The average molecular weight is 493 g/mol. The monoisotopic (exact) mass is 492 g/mol. The molecule has 0 radical (unpaired) electrons. The number of pyridine rings is 1. The Morgan fingerprint density at radius 1 is 1.03 bits per heavy atom. The number of aromatic nitrogens is 4. The Morgan fingerprint density at radius 2 is 1.83 bits per heavy atom. The fourth-order valence-electron chi connectivity index (χ4n) is 4.19. The number of hydrogen-bond acceptors (Lipinski definition) is 7. The van der Waals surface area contributed by atoms with Crippen LogP contribution in [0, 0.1) is 0 Å². The van der Waals surface area contributed by atoms with Crippen molar-refractivity contribution in [1.82, 2.24) is 28.8 Å². The Hall–Kier alpha value is -3.38. The highest BCUT2D eigenvalue weighted by Crippen LogP contribution is 2.27. The molecule has 1 atom stereocenters. The van der Waals surface area contributed by atoms with E-state index in [1.807, 2.05) is 53.2 Å². The van der Waals surface area contributed by atoms with Crippen LogP contribution in [-0.4, -0.2) is 77.8 Å². The molecule has 1 fully saturated rings. The van der Waals surface area contributed by atoms with Crippen molar-refractivity contribution in [2.75, 3.05) is 50.5 Å². The minimum atomic E-state index is -2.05. The second-order valence-electron chi connectivity index (χ2n) is 8.63. The molecule has 0 bridgehead atoms. The summed E-state index contributed by atoms with van der Waals surface area (Å²) >= 11 is -2.05. The lowest BCUT2D eigenvalue weighted by molar-refractivity contribution is 0.313. The molecule has 1 aliphatic rings. The summed E-state index contributed by atoms with van der Waals surface area (Å²) in [7, 11) is 3.75. The van der Waals surface area contributed by atoms with Crippen LogP contribution in [0.5, 0.6) is 0 Å². The number of benzene rings is 1. The lowest BCUT2D eigenvalue weighted by atomic mass is 10.0. The van der Waals surface area contributed by atoms with E-state index in [4.69, 9.17) is 5.10 Å². The summed E-state index contributed by atoms with van der Waals surface area (Å²) in [5, 5.41) is 7.90. The maximum atomic E-state index is 11.4. The lowest BCUT2D eigenvalue weighted by Crippen LogP contribution is -2.44. The summed E-state index contributed by atoms with van der Waals surface area (Å²) < 4.78 is 24.0. The van der Waals surface area contributed by atoms with Crippen LogP contribution in [0.25, 0.3) is 16.8 Å². The standard InChI is InChI=1S/C24H28N8O2S/c1-29-11-13-31(14-12-29)19-8-10-23(25-15-19)27-24-26-16-20-7-9-22(32(20)28-24)21-6-4-3-5-18(21)17-30(2)35(33)34/h3-10,15-16H,11-14,17H2,1-2H3,(H,33,34)(H,25,27,28). The van der Waals surface area contributed by atoms with Gasteiger partial charge in [0.2, 0.25) is 17.2 Å². The Morgan fingerprint density at radius 3 is 2.57 bits per heavy atom. The fraction of sp³-hybridized carbons (Fsp3) is 0.292. The van der Waals surface area contributed by atoms with Crippen molar-refractivity contribution in [1.29, 1.82) is 0 Å². The molecule has 2 N–H and O–H groups in total. The first-order valence-electron chi connectivity index (χ1n) is 11.4. The maximum Gasteiger partial charge on any atom is 0.246 e. The zero-order valence-corrected chi connectivity index (χ0v) is 20.5. The van der Waals surface area contributed by atoms with Crippen molar-refractivity contribution < 1.29 is 8.76 Å². The van der Waals surface area contributed by atoms with Gasteiger partial charge in [-0.05, 0) is 36.9 Å². The molecule has 1 saturated heterocycles. The Kier molecular flexibility index (Phi) is 6.73. The number of fused-ring (bicyclic) bond motifs is 1. The molecule has 182 valence electrons. The van der Waals surface area contributed by atoms with E-state index >= 15 is 0 Å². The summed E-state index contributed by atoms with van der Waals surface area (Å²) in [4.78, 5) is 13.7. The van der Waals surface area contributed by atoms with Crippen LogP contribution in [0.1, 0.15) is 5.56 Å². The van der Waals surface area contributed by atoms with Crippen LogP contribution in [0.3, 0.4) is 0 Å². The predicted octanol–water partition coefficient (Wildman–Crippen LogP) is 2.86. The van der Waals surface area contributed by atoms with Gasteiger partial charge in [0, 0.05) is 45.3 Å². The van der Waals surface area contributed by atoms with Crippen LogP contribution in [0.2, 0.25) is 0 Å². The van der Waals surface area contributed by atoms with Crippen molar-refractivity contribution in [3.05, 3.63) is 66.5 Å². The van der Waals surface area contributed by atoms with Gasteiger partial charge in [0.1, 0.15) is 5.82 Å². The van der Waals surface area contributed by atoms with E-state index in [1.54, 1.807) is 13.2 Å². The molecule has 0 spiro atoms. The summed E-state index contributed by atoms with van der Waals surface area (Å²) in [5.74, 6) is 1.10. The van der Waals surface area contributed by atoms with Crippen LogP contribution < -0.4 is 10.2 Å². The zero-order valence-electron chi connectivity index (χ0n) is 19.7. The summed E-state index contributed by atoms with van der Waals surface area (Å²) in [6.45, 7) is 4.40. The molecule has 4 aromatic rings. The van der Waals surface area contributed by atoms with Crippen molar-refractivity contribution in [3.8, 4) is 11.3 Å². The van der Waals surface area contributed by atoms with E-state index in [0.29, 0.717) is 18.3 Å². The van der Waals surface area contributed by atoms with Crippen LogP contribution >= 0.6 is 0 Å². The summed E-state index contributed by atoms with van der Waals surface area (Å²) in [6.07, 6.45) is 3.64. The number of piperazine rings is 1. The van der Waals surface area contributed by atoms with Crippen molar-refractivity contribution in [3.63, 3.8) is 0 Å². The molecule has 11 heteroatoms. The highest BCUT2D eigenvalue weighted by molar-refractivity contribution is 7.76. The van der Waals surface area contributed by atoms with E-state index in [0.717, 1.165) is 54.2 Å². The third-order valence-electron chi connectivity index (χ3n) is 6.21. The van der Waals surface area contributed by atoms with Gasteiger partial charge < -0.3 is 15.1 Å². The molecular weight excluding hydrogens is 464 g/mol. The molecule has 0 aliphatic carbocycles. The van der Waals surface area contributed by atoms with Gasteiger partial charge >= 0.3 is 0 Å². The average Bonchev–Trinajstić information content (AvgIpc) is 3.28. The SMILES string of the molecule is CN1CCN(c2ccc(Nc3ncc4ccc(-c5ccccc5CN(C)S(=O)O)n4n3)nc2)CC1. The normalized spacial score (nSPS) is 15.6.